The summed E-state index contributed by atoms with van der Waals surface area (Å²) in [5.74, 6) is 0. The molecule has 0 heterocycles. The zero-order valence-electron chi connectivity index (χ0n) is 11.7. The lowest BCUT2D eigenvalue weighted by atomic mass is 10.2. The van der Waals surface area contributed by atoms with Crippen LogP contribution in [0.1, 0.15) is 33.3 Å². The van der Waals surface area contributed by atoms with Crippen molar-refractivity contribution in [1.82, 2.24) is 5.01 Å². The third-order valence-electron chi connectivity index (χ3n) is 2.58. The van der Waals surface area contributed by atoms with Gasteiger partial charge in [0.2, 0.25) is 0 Å². The van der Waals surface area contributed by atoms with E-state index in [0.29, 0.717) is 3.57 Å². The molecule has 0 saturated heterocycles. The molecule has 0 spiro atoms. The van der Waals surface area contributed by atoms with E-state index in [1.165, 1.54) is 6.07 Å². The summed E-state index contributed by atoms with van der Waals surface area (Å²) in [7, 11) is 0. The van der Waals surface area contributed by atoms with Crippen molar-refractivity contribution in [3.63, 3.8) is 0 Å². The molecule has 7 heteroatoms. The molecule has 0 fully saturated rings. The second kappa shape index (κ2) is 6.73. The van der Waals surface area contributed by atoms with Gasteiger partial charge in [-0.2, -0.15) is 13.2 Å². The Morgan fingerprint density at radius 3 is 2.10 bits per heavy atom. The highest BCUT2D eigenvalue weighted by Crippen LogP contribution is 2.37. The third kappa shape index (κ3) is 4.60. The fraction of sp³-hybridized carbons (Fsp3) is 0.538. The minimum atomic E-state index is -4.43. The summed E-state index contributed by atoms with van der Waals surface area (Å²) in [5, 5.41) is 9.40. The summed E-state index contributed by atoms with van der Waals surface area (Å²) < 4.78 is 39.4. The summed E-state index contributed by atoms with van der Waals surface area (Å²) in [4.78, 5) is 0. The lowest BCUT2D eigenvalue weighted by Crippen LogP contribution is -2.31. The molecule has 1 rings (SSSR count). The van der Waals surface area contributed by atoms with Gasteiger partial charge in [0.1, 0.15) is 0 Å². The Hall–Kier alpha value is -0.860. The highest BCUT2D eigenvalue weighted by atomic mass is 127. The zero-order chi connectivity index (χ0) is 15.5. The highest BCUT2D eigenvalue weighted by Gasteiger charge is 2.34. The molecule has 0 bridgehead atoms. The fourth-order valence-electron chi connectivity index (χ4n) is 1.73. The van der Waals surface area contributed by atoms with Crippen molar-refractivity contribution in [3.05, 3.63) is 27.3 Å². The number of alkyl halides is 3. The van der Waals surface area contributed by atoms with Gasteiger partial charge in [0.15, 0.2) is 0 Å². The van der Waals surface area contributed by atoms with Crippen LogP contribution >= 0.6 is 22.6 Å². The van der Waals surface area contributed by atoms with E-state index in [2.05, 4.69) is 10.3 Å². The third-order valence-corrected chi connectivity index (χ3v) is 3.25. The van der Waals surface area contributed by atoms with E-state index in [1.807, 2.05) is 50.3 Å². The van der Waals surface area contributed by atoms with E-state index in [1.54, 1.807) is 11.1 Å². The molecule has 0 aromatic heterocycles. The lowest BCUT2D eigenvalue weighted by Gasteiger charge is -2.25. The molecule has 0 aliphatic heterocycles. The van der Waals surface area contributed by atoms with Gasteiger partial charge in [-0.1, -0.05) is 5.22 Å². The molecule has 20 heavy (non-hydrogen) atoms. The molecule has 3 nitrogen and oxygen atoms in total. The maximum atomic E-state index is 13.0. The number of rotatable bonds is 4. The van der Waals surface area contributed by atoms with Crippen LogP contribution in [-0.2, 0) is 6.18 Å². The molecular formula is C13H17F3IN3. The maximum Gasteiger partial charge on any atom is 0.418 e. The standard InChI is InChI=1S/C13H17F3IN3/c1-8(2)20(9(3)4)19-18-12-6-5-10(17)7-11(12)13(14,15)16/h5-9H,1-4H3. The summed E-state index contributed by atoms with van der Waals surface area (Å²) >= 11 is 1.84. The van der Waals surface area contributed by atoms with Gasteiger partial charge in [-0.3, -0.25) is 5.01 Å². The van der Waals surface area contributed by atoms with E-state index >= 15 is 0 Å². The average Bonchev–Trinajstić information content (AvgIpc) is 2.28. The summed E-state index contributed by atoms with van der Waals surface area (Å²) in [6.07, 6.45) is -4.43. The number of halogens is 4. The summed E-state index contributed by atoms with van der Waals surface area (Å²) in [5.41, 5.74) is -0.926. The second-order valence-electron chi connectivity index (χ2n) is 4.92. The number of benzene rings is 1. The van der Waals surface area contributed by atoms with Gasteiger partial charge in [0, 0.05) is 15.7 Å². The molecule has 1 aromatic rings. The largest absolute Gasteiger partial charge is 0.418 e. The fourth-order valence-corrected chi connectivity index (χ4v) is 2.22. The molecule has 0 atom stereocenters. The van der Waals surface area contributed by atoms with Crippen LogP contribution in [0.4, 0.5) is 18.9 Å². The van der Waals surface area contributed by atoms with Crippen molar-refractivity contribution in [1.29, 1.82) is 0 Å². The van der Waals surface area contributed by atoms with Crippen LogP contribution in [0.2, 0.25) is 0 Å². The van der Waals surface area contributed by atoms with Crippen molar-refractivity contribution in [2.45, 2.75) is 46.0 Å². The lowest BCUT2D eigenvalue weighted by molar-refractivity contribution is -0.137. The first-order valence-electron chi connectivity index (χ1n) is 6.19. The molecule has 0 aliphatic rings. The van der Waals surface area contributed by atoms with Crippen LogP contribution in [-0.4, -0.2) is 17.1 Å². The molecule has 1 aromatic carbocycles. The van der Waals surface area contributed by atoms with Crippen molar-refractivity contribution >= 4 is 28.3 Å². The smallest absolute Gasteiger partial charge is 0.273 e. The van der Waals surface area contributed by atoms with Crippen LogP contribution in [0.3, 0.4) is 0 Å². The van der Waals surface area contributed by atoms with Crippen molar-refractivity contribution < 1.29 is 13.2 Å². The summed E-state index contributed by atoms with van der Waals surface area (Å²) in [6.45, 7) is 7.66. The van der Waals surface area contributed by atoms with Gasteiger partial charge in [-0.25, -0.2) is 0 Å². The van der Waals surface area contributed by atoms with Crippen molar-refractivity contribution in [2.24, 2.45) is 10.3 Å². The Kier molecular flexibility index (Phi) is 5.79. The highest BCUT2D eigenvalue weighted by molar-refractivity contribution is 14.1. The van der Waals surface area contributed by atoms with Crippen molar-refractivity contribution in [3.8, 4) is 0 Å². The van der Waals surface area contributed by atoms with E-state index in [9.17, 15) is 13.2 Å². The molecule has 0 amide bonds. The van der Waals surface area contributed by atoms with Gasteiger partial charge >= 0.3 is 6.18 Å². The maximum absolute atomic E-state index is 13.0. The van der Waals surface area contributed by atoms with E-state index in [4.69, 9.17) is 0 Å². The molecule has 0 radical (unpaired) electrons. The first kappa shape index (κ1) is 17.2. The van der Waals surface area contributed by atoms with Gasteiger partial charge in [0.05, 0.1) is 11.3 Å². The summed E-state index contributed by atoms with van der Waals surface area (Å²) in [6, 6.07) is 4.13. The minimum absolute atomic E-state index is 0.0666. The van der Waals surface area contributed by atoms with Gasteiger partial charge < -0.3 is 0 Å². The predicted molar refractivity (Wildman–Crippen MR) is 80.8 cm³/mol. The van der Waals surface area contributed by atoms with Crippen LogP contribution in [0.15, 0.2) is 28.5 Å². The topological polar surface area (TPSA) is 28.0 Å². The Balaban J connectivity index is 3.15. The quantitative estimate of drug-likeness (QED) is 0.377. The van der Waals surface area contributed by atoms with Crippen molar-refractivity contribution in [2.75, 3.05) is 0 Å². The van der Waals surface area contributed by atoms with Crippen LogP contribution in [0, 0.1) is 3.57 Å². The van der Waals surface area contributed by atoms with Crippen LogP contribution in [0.5, 0.6) is 0 Å². The normalized spacial score (nSPS) is 12.7. The molecule has 0 saturated carbocycles. The Bertz CT molecular complexity index is 476. The minimum Gasteiger partial charge on any atom is -0.273 e. The van der Waals surface area contributed by atoms with Gasteiger partial charge in [0.25, 0.3) is 0 Å². The number of nitrogens with zero attached hydrogens (tertiary/aromatic N) is 3. The first-order chi connectivity index (χ1) is 9.12. The van der Waals surface area contributed by atoms with E-state index in [0.717, 1.165) is 6.07 Å². The van der Waals surface area contributed by atoms with E-state index < -0.39 is 11.7 Å². The number of hydrogen-bond donors (Lipinski definition) is 0. The van der Waals surface area contributed by atoms with Crippen LogP contribution in [0.25, 0.3) is 0 Å². The van der Waals surface area contributed by atoms with E-state index in [-0.39, 0.29) is 17.8 Å². The predicted octanol–water partition coefficient (Wildman–Crippen LogP) is 5.43. The zero-order valence-corrected chi connectivity index (χ0v) is 13.9. The molecule has 0 aliphatic carbocycles. The van der Waals surface area contributed by atoms with Crippen LogP contribution < -0.4 is 0 Å². The molecule has 0 N–H and O–H groups in total. The monoisotopic (exact) mass is 399 g/mol. The molecule has 112 valence electrons. The Labute approximate surface area is 130 Å². The Morgan fingerprint density at radius 2 is 1.65 bits per heavy atom. The number of hydrogen-bond acceptors (Lipinski definition) is 2. The molecular weight excluding hydrogens is 382 g/mol. The van der Waals surface area contributed by atoms with Gasteiger partial charge in [-0.05, 0) is 68.5 Å². The average molecular weight is 399 g/mol. The Morgan fingerprint density at radius 1 is 1.10 bits per heavy atom. The first-order valence-corrected chi connectivity index (χ1v) is 7.27. The van der Waals surface area contributed by atoms with Gasteiger partial charge in [-0.15, -0.1) is 5.11 Å². The SMILES string of the molecule is CC(C)N(N=Nc1ccc(I)cc1C(F)(F)F)C(C)C. The second-order valence-corrected chi connectivity index (χ2v) is 6.16. The molecule has 0 unspecified atom stereocenters.